The number of aryl methyl sites for hydroxylation is 1. The second-order valence-corrected chi connectivity index (χ2v) is 7.40. The van der Waals surface area contributed by atoms with Crippen LogP contribution < -0.4 is 5.32 Å². The van der Waals surface area contributed by atoms with E-state index in [0.717, 1.165) is 6.54 Å². The van der Waals surface area contributed by atoms with Crippen molar-refractivity contribution in [3.05, 3.63) is 29.6 Å². The minimum Gasteiger partial charge on any atom is -0.312 e. The number of likely N-dealkylation sites (N-methyl/N-ethyl adjacent to an activating group) is 2. The molecule has 0 amide bonds. The van der Waals surface area contributed by atoms with E-state index in [-0.39, 0.29) is 0 Å². The highest BCUT2D eigenvalue weighted by Gasteiger charge is 2.36. The largest absolute Gasteiger partial charge is 0.312 e. The van der Waals surface area contributed by atoms with Gasteiger partial charge in [-0.3, -0.25) is 4.98 Å². The average Bonchev–Trinajstić information content (AvgIpc) is 2.53. The molecule has 1 fully saturated rings. The number of rotatable bonds is 4. The highest BCUT2D eigenvalue weighted by Crippen LogP contribution is 2.35. The van der Waals surface area contributed by atoms with Crippen molar-refractivity contribution in [2.24, 2.45) is 0 Å². The number of nitrogens with zero attached hydrogens (tertiary/aromatic N) is 2. The van der Waals surface area contributed by atoms with Crippen molar-refractivity contribution in [3.63, 3.8) is 0 Å². The molecule has 3 atom stereocenters. The molecule has 4 heteroatoms. The van der Waals surface area contributed by atoms with Gasteiger partial charge < -0.3 is 10.2 Å². The third kappa shape index (κ3) is 3.27. The highest BCUT2D eigenvalue weighted by atomic mass is 32.2. The number of hydrogen-bond donors (Lipinski definition) is 1. The number of hydrogen-bond acceptors (Lipinski definition) is 4. The van der Waals surface area contributed by atoms with Gasteiger partial charge >= 0.3 is 0 Å². The number of thioether (sulfide) groups is 1. The lowest BCUT2D eigenvalue weighted by molar-refractivity contribution is 0.189. The average molecular weight is 305 g/mol. The molecule has 21 heavy (non-hydrogen) atoms. The third-order valence-corrected chi connectivity index (χ3v) is 6.02. The fourth-order valence-corrected chi connectivity index (χ4v) is 5.15. The van der Waals surface area contributed by atoms with Gasteiger partial charge in [-0.15, -0.1) is 0 Å². The molecule has 2 heterocycles. The number of nitrogens with one attached hydrogen (secondary N) is 1. The van der Waals surface area contributed by atoms with E-state index in [1.54, 1.807) is 0 Å². The Kier molecular flexibility index (Phi) is 5.19. The minimum absolute atomic E-state index is 0.529. The predicted molar refractivity (Wildman–Crippen MR) is 91.1 cm³/mol. The van der Waals surface area contributed by atoms with E-state index in [2.05, 4.69) is 48.1 Å². The first-order valence-corrected chi connectivity index (χ1v) is 9.42. The van der Waals surface area contributed by atoms with Gasteiger partial charge in [0.1, 0.15) is 0 Å². The third-order valence-electron chi connectivity index (χ3n) is 4.97. The molecule has 1 aromatic heterocycles. The van der Waals surface area contributed by atoms with E-state index in [1.165, 1.54) is 48.6 Å². The summed E-state index contributed by atoms with van der Waals surface area (Å²) >= 11 is 2.10. The topological polar surface area (TPSA) is 28.2 Å². The zero-order valence-corrected chi connectivity index (χ0v) is 14.0. The van der Waals surface area contributed by atoms with Crippen molar-refractivity contribution in [1.82, 2.24) is 15.2 Å². The minimum atomic E-state index is 0.529. The van der Waals surface area contributed by atoms with Crippen molar-refractivity contribution in [1.29, 1.82) is 0 Å². The standard InChI is InChI=1S/C17H27N3S/c1-3-18-17(15-12-21-11-10-20(15)2)14-8-4-6-13-7-5-9-19-16(13)14/h5,7,9,14-15,17-18H,3-4,6,8,10-12H2,1-2H3. The molecule has 1 aromatic rings. The summed E-state index contributed by atoms with van der Waals surface area (Å²) < 4.78 is 0. The van der Waals surface area contributed by atoms with Gasteiger partial charge in [-0.05, 0) is 44.5 Å². The van der Waals surface area contributed by atoms with Crippen LogP contribution in [0.5, 0.6) is 0 Å². The van der Waals surface area contributed by atoms with Crippen molar-refractivity contribution in [2.45, 2.75) is 44.2 Å². The Morgan fingerprint density at radius 2 is 2.43 bits per heavy atom. The summed E-state index contributed by atoms with van der Waals surface area (Å²) in [6, 6.07) is 5.52. The Bertz CT molecular complexity index is 465. The van der Waals surface area contributed by atoms with Crippen LogP contribution in [0.25, 0.3) is 0 Å². The van der Waals surface area contributed by atoms with Crippen LogP contribution in [0.3, 0.4) is 0 Å². The summed E-state index contributed by atoms with van der Waals surface area (Å²) in [6.45, 7) is 4.47. The molecule has 2 aliphatic rings. The summed E-state index contributed by atoms with van der Waals surface area (Å²) in [5.41, 5.74) is 2.83. The summed E-state index contributed by atoms with van der Waals surface area (Å²) in [6.07, 6.45) is 5.75. The van der Waals surface area contributed by atoms with Gasteiger partial charge in [-0.1, -0.05) is 13.0 Å². The molecule has 1 aliphatic heterocycles. The van der Waals surface area contributed by atoms with Gasteiger partial charge in [-0.25, -0.2) is 0 Å². The van der Waals surface area contributed by atoms with Crippen LogP contribution in [-0.4, -0.2) is 53.6 Å². The Hall–Kier alpha value is -0.580. The maximum absolute atomic E-state index is 4.76. The monoisotopic (exact) mass is 305 g/mol. The van der Waals surface area contributed by atoms with Gasteiger partial charge in [-0.2, -0.15) is 11.8 Å². The van der Waals surface area contributed by atoms with E-state index in [9.17, 15) is 0 Å². The maximum Gasteiger partial charge on any atom is 0.0482 e. The Morgan fingerprint density at radius 1 is 1.52 bits per heavy atom. The SMILES string of the molecule is CCNC(C1CCCc2cccnc21)C1CSCCN1C. The lowest BCUT2D eigenvalue weighted by Gasteiger charge is -2.42. The first-order valence-electron chi connectivity index (χ1n) is 8.26. The van der Waals surface area contributed by atoms with Crippen LogP contribution in [0.2, 0.25) is 0 Å². The first-order chi connectivity index (χ1) is 10.3. The van der Waals surface area contributed by atoms with Crippen LogP contribution >= 0.6 is 11.8 Å². The molecule has 0 aromatic carbocycles. The molecule has 0 bridgehead atoms. The van der Waals surface area contributed by atoms with E-state index < -0.39 is 0 Å². The van der Waals surface area contributed by atoms with Gasteiger partial charge in [0, 0.05) is 47.9 Å². The summed E-state index contributed by atoms with van der Waals surface area (Å²) in [7, 11) is 2.29. The smallest absolute Gasteiger partial charge is 0.0482 e. The molecule has 3 unspecified atom stereocenters. The molecule has 116 valence electrons. The Labute approximate surface area is 132 Å². The summed E-state index contributed by atoms with van der Waals surface area (Å²) in [4.78, 5) is 7.31. The van der Waals surface area contributed by atoms with Gasteiger partial charge in [0.25, 0.3) is 0 Å². The lowest BCUT2D eigenvalue weighted by Crippen LogP contribution is -2.55. The van der Waals surface area contributed by atoms with Gasteiger partial charge in [0.2, 0.25) is 0 Å². The van der Waals surface area contributed by atoms with Gasteiger partial charge in [0.15, 0.2) is 0 Å². The molecule has 1 N–H and O–H groups in total. The fraction of sp³-hybridized carbons (Fsp3) is 0.706. The molecule has 0 saturated carbocycles. The van der Waals surface area contributed by atoms with E-state index in [4.69, 9.17) is 4.98 Å². The van der Waals surface area contributed by atoms with E-state index in [1.807, 2.05) is 6.20 Å². The van der Waals surface area contributed by atoms with E-state index >= 15 is 0 Å². The maximum atomic E-state index is 4.76. The molecule has 1 aliphatic carbocycles. The fourth-order valence-electron chi connectivity index (χ4n) is 3.86. The molecule has 3 rings (SSSR count). The van der Waals surface area contributed by atoms with Crippen molar-refractivity contribution >= 4 is 11.8 Å². The summed E-state index contributed by atoms with van der Waals surface area (Å²) in [5.74, 6) is 3.08. The van der Waals surface area contributed by atoms with Crippen LogP contribution in [0.4, 0.5) is 0 Å². The van der Waals surface area contributed by atoms with Crippen LogP contribution in [-0.2, 0) is 6.42 Å². The molecular formula is C17H27N3S. The van der Waals surface area contributed by atoms with Crippen LogP contribution in [0, 0.1) is 0 Å². The molecule has 1 saturated heterocycles. The zero-order valence-electron chi connectivity index (χ0n) is 13.2. The second-order valence-electron chi connectivity index (χ2n) is 6.25. The quantitative estimate of drug-likeness (QED) is 0.925. The normalized spacial score (nSPS) is 28.1. The van der Waals surface area contributed by atoms with Crippen molar-refractivity contribution in [2.75, 3.05) is 31.6 Å². The van der Waals surface area contributed by atoms with Crippen LogP contribution in [0.15, 0.2) is 18.3 Å². The molecular weight excluding hydrogens is 278 g/mol. The Morgan fingerprint density at radius 3 is 3.24 bits per heavy atom. The predicted octanol–water partition coefficient (Wildman–Crippen LogP) is 2.53. The molecule has 3 nitrogen and oxygen atoms in total. The zero-order chi connectivity index (χ0) is 14.7. The van der Waals surface area contributed by atoms with Crippen LogP contribution in [0.1, 0.15) is 36.9 Å². The van der Waals surface area contributed by atoms with E-state index in [0.29, 0.717) is 18.0 Å². The lowest BCUT2D eigenvalue weighted by atomic mass is 9.79. The molecule has 0 radical (unpaired) electrons. The number of pyridine rings is 1. The molecule has 0 spiro atoms. The Balaban J connectivity index is 1.87. The highest BCUT2D eigenvalue weighted by molar-refractivity contribution is 7.99. The number of aromatic nitrogens is 1. The number of fused-ring (bicyclic) bond motifs is 1. The first kappa shape index (κ1) is 15.3. The second kappa shape index (κ2) is 7.12. The van der Waals surface area contributed by atoms with Crippen molar-refractivity contribution < 1.29 is 0 Å². The van der Waals surface area contributed by atoms with Gasteiger partial charge in [0.05, 0.1) is 0 Å². The van der Waals surface area contributed by atoms with Crippen molar-refractivity contribution in [3.8, 4) is 0 Å². The summed E-state index contributed by atoms with van der Waals surface area (Å²) in [5, 5.41) is 3.80.